The fraction of sp³-hybridized carbons (Fsp3) is 0.536. The molecule has 1 aromatic heterocycles. The fourth-order valence-electron chi connectivity index (χ4n) is 5.09. The molecule has 1 unspecified atom stereocenters. The van der Waals surface area contributed by atoms with E-state index in [1.54, 1.807) is 25.4 Å². The number of Topliss-reactive ketones (excluding diaryl/α,β-unsaturated/α-hetero) is 1. The molecule has 0 aliphatic carbocycles. The minimum absolute atomic E-state index is 0.0249. The van der Waals surface area contributed by atoms with Crippen LogP contribution < -0.4 is 4.74 Å². The number of carbonyl (C=O) groups excluding carboxylic acids is 1. The van der Waals surface area contributed by atoms with E-state index in [-0.39, 0.29) is 29.9 Å². The van der Waals surface area contributed by atoms with Gasteiger partial charge in [-0.05, 0) is 42.2 Å². The Bertz CT molecular complexity index is 1080. The Kier molecular flexibility index (Phi) is 8.75. The predicted octanol–water partition coefficient (Wildman–Crippen LogP) is 5.87. The van der Waals surface area contributed by atoms with Crippen LogP contribution in [0.2, 0.25) is 0 Å². The lowest BCUT2D eigenvalue weighted by Gasteiger charge is -2.38. The van der Waals surface area contributed by atoms with Gasteiger partial charge in [-0.15, -0.1) is 17.9 Å². The third kappa shape index (κ3) is 5.71. The maximum absolute atomic E-state index is 13.4. The molecule has 3 atom stereocenters. The first-order valence-electron chi connectivity index (χ1n) is 12.3. The van der Waals surface area contributed by atoms with Gasteiger partial charge in [0, 0.05) is 17.1 Å². The lowest BCUT2D eigenvalue weighted by Crippen LogP contribution is -2.53. The van der Waals surface area contributed by atoms with Gasteiger partial charge in [0.25, 0.3) is 0 Å². The average Bonchev–Trinajstić information content (AvgIpc) is 3.46. The van der Waals surface area contributed by atoms with E-state index >= 15 is 0 Å². The number of carboxylic acid groups (broad SMARTS) is 1. The number of nitrogens with zero attached hydrogens (tertiary/aromatic N) is 2. The van der Waals surface area contributed by atoms with Gasteiger partial charge >= 0.3 is 5.97 Å². The van der Waals surface area contributed by atoms with Crippen molar-refractivity contribution in [1.82, 2.24) is 9.88 Å². The van der Waals surface area contributed by atoms with E-state index in [1.165, 1.54) is 17.4 Å². The Morgan fingerprint density at radius 3 is 2.61 bits per heavy atom. The molecule has 0 radical (unpaired) electrons. The number of methoxy groups -OCH3 is 1. The number of carboxylic acids is 1. The number of likely N-dealkylation sites (tertiary alicyclic amines) is 1. The summed E-state index contributed by atoms with van der Waals surface area (Å²) in [5.41, 5.74) is 0.227. The third-order valence-electron chi connectivity index (χ3n) is 6.80. The minimum Gasteiger partial charge on any atom is -0.496 e. The molecule has 1 fully saturated rings. The van der Waals surface area contributed by atoms with Crippen LogP contribution in [0, 0.1) is 5.92 Å². The maximum atomic E-state index is 13.4. The van der Waals surface area contributed by atoms with Crippen LogP contribution in [0.15, 0.2) is 42.4 Å². The van der Waals surface area contributed by atoms with Crippen molar-refractivity contribution in [2.45, 2.75) is 77.0 Å². The largest absolute Gasteiger partial charge is 0.496 e. The van der Waals surface area contributed by atoms with Crippen molar-refractivity contribution in [3.05, 3.63) is 58.6 Å². The van der Waals surface area contributed by atoms with Gasteiger partial charge in [0.15, 0.2) is 5.78 Å². The highest BCUT2D eigenvalue weighted by Gasteiger charge is 2.53. The van der Waals surface area contributed by atoms with Crippen LogP contribution in [-0.4, -0.2) is 52.2 Å². The molecule has 0 bridgehead atoms. The van der Waals surface area contributed by atoms with Crippen molar-refractivity contribution in [3.63, 3.8) is 0 Å². The van der Waals surface area contributed by atoms with Crippen LogP contribution in [0.1, 0.15) is 80.9 Å². The van der Waals surface area contributed by atoms with Gasteiger partial charge in [0.05, 0.1) is 13.2 Å². The first-order chi connectivity index (χ1) is 16.9. The summed E-state index contributed by atoms with van der Waals surface area (Å²) in [6, 6.07) is 5.23. The van der Waals surface area contributed by atoms with Crippen LogP contribution in [-0.2, 0) is 14.9 Å². The number of aromatic nitrogens is 1. The molecule has 8 heteroatoms. The zero-order valence-electron chi connectivity index (χ0n) is 22.1. The summed E-state index contributed by atoms with van der Waals surface area (Å²) < 4.78 is 11.7. The summed E-state index contributed by atoms with van der Waals surface area (Å²) in [6.45, 7) is 14.1. The van der Waals surface area contributed by atoms with E-state index < -0.39 is 17.6 Å². The highest BCUT2D eigenvalue weighted by Crippen LogP contribution is 2.46. The molecule has 3 rings (SSSR count). The Morgan fingerprint density at radius 2 is 2.08 bits per heavy atom. The second kappa shape index (κ2) is 11.2. The van der Waals surface area contributed by atoms with E-state index in [2.05, 4.69) is 32.3 Å². The fourth-order valence-corrected chi connectivity index (χ4v) is 5.88. The molecule has 1 saturated heterocycles. The van der Waals surface area contributed by atoms with Crippen molar-refractivity contribution in [1.29, 1.82) is 0 Å². The predicted molar refractivity (Wildman–Crippen MR) is 142 cm³/mol. The topological polar surface area (TPSA) is 89.0 Å². The molecular formula is C28H38N2O5S. The van der Waals surface area contributed by atoms with Crippen LogP contribution in [0.3, 0.4) is 0 Å². The van der Waals surface area contributed by atoms with Crippen LogP contribution >= 0.6 is 11.3 Å². The second-order valence-electron chi connectivity index (χ2n) is 10.8. The van der Waals surface area contributed by atoms with E-state index in [0.717, 1.165) is 10.6 Å². The summed E-state index contributed by atoms with van der Waals surface area (Å²) in [4.78, 5) is 32.4. The average molecular weight is 515 g/mol. The number of aliphatic carboxylic acids is 1. The molecule has 0 spiro atoms. The summed E-state index contributed by atoms with van der Waals surface area (Å²) >= 11 is 1.50. The Hall–Kier alpha value is -2.55. The molecule has 1 aromatic carbocycles. The van der Waals surface area contributed by atoms with Gasteiger partial charge in [-0.25, -0.2) is 4.98 Å². The number of hydrogen-bond donors (Lipinski definition) is 1. The van der Waals surface area contributed by atoms with Gasteiger partial charge in [-0.2, -0.15) is 0 Å². The number of thiazole rings is 1. The van der Waals surface area contributed by atoms with Crippen molar-refractivity contribution >= 4 is 23.1 Å². The van der Waals surface area contributed by atoms with Crippen molar-refractivity contribution < 1.29 is 24.2 Å². The van der Waals surface area contributed by atoms with Gasteiger partial charge in [0.2, 0.25) is 0 Å². The molecule has 2 heterocycles. The SMILES string of the molecule is C=CC(OCN1[C@@H](c2nccs2)CC[C@]1(CC(C)C)C(=O)O)C(=O)c1ccc(C(C)(C)C)c(OC)c1. The molecule has 0 saturated carbocycles. The lowest BCUT2D eigenvalue weighted by molar-refractivity contribution is -0.157. The van der Waals surface area contributed by atoms with Gasteiger partial charge in [-0.3, -0.25) is 14.5 Å². The molecule has 1 aliphatic rings. The van der Waals surface area contributed by atoms with E-state index in [9.17, 15) is 14.7 Å². The Morgan fingerprint density at radius 1 is 1.36 bits per heavy atom. The van der Waals surface area contributed by atoms with E-state index in [1.807, 2.05) is 30.2 Å². The first-order valence-corrected chi connectivity index (χ1v) is 13.2. The standard InChI is InChI=1S/C28H38N2O5S/c1-8-22(24(31)19-9-10-20(27(4,5)6)23(15-19)34-7)35-17-30-21(25-29-13-14-36-25)11-12-28(30,26(32)33)16-18(2)3/h8-10,13-15,18,21-22H,1,11-12,16-17H2,2-7H3,(H,32,33)/t21-,22?,28+/m1/s1. The van der Waals surface area contributed by atoms with Crippen molar-refractivity contribution in [2.75, 3.05) is 13.8 Å². The Labute approximate surface area is 218 Å². The number of ketones is 1. The summed E-state index contributed by atoms with van der Waals surface area (Å²) in [5, 5.41) is 13.1. The lowest BCUT2D eigenvalue weighted by atomic mass is 9.85. The Balaban J connectivity index is 1.88. The molecule has 0 amide bonds. The summed E-state index contributed by atoms with van der Waals surface area (Å²) in [6.07, 6.45) is 3.89. The molecule has 1 aliphatic heterocycles. The monoisotopic (exact) mass is 514 g/mol. The molecular weight excluding hydrogens is 476 g/mol. The molecule has 7 nitrogen and oxygen atoms in total. The molecule has 196 valence electrons. The number of carbonyl (C=O) groups is 2. The smallest absolute Gasteiger partial charge is 0.324 e. The first kappa shape index (κ1) is 28.0. The maximum Gasteiger partial charge on any atom is 0.324 e. The normalized spacial score (nSPS) is 21.5. The molecule has 36 heavy (non-hydrogen) atoms. The van der Waals surface area contributed by atoms with Crippen molar-refractivity contribution in [3.8, 4) is 5.75 Å². The quantitative estimate of drug-likeness (QED) is 0.296. The van der Waals surface area contributed by atoms with Crippen LogP contribution in [0.4, 0.5) is 0 Å². The zero-order chi connectivity index (χ0) is 26.7. The number of ether oxygens (including phenoxy) is 2. The van der Waals surface area contributed by atoms with Crippen molar-refractivity contribution in [2.24, 2.45) is 5.92 Å². The number of hydrogen-bond acceptors (Lipinski definition) is 7. The number of benzene rings is 1. The highest BCUT2D eigenvalue weighted by atomic mass is 32.1. The molecule has 1 N–H and O–H groups in total. The van der Waals surface area contributed by atoms with E-state index in [4.69, 9.17) is 9.47 Å². The summed E-state index contributed by atoms with van der Waals surface area (Å²) in [7, 11) is 1.59. The second-order valence-corrected chi connectivity index (χ2v) is 11.7. The number of rotatable bonds is 11. The van der Waals surface area contributed by atoms with Gasteiger partial charge < -0.3 is 14.6 Å². The third-order valence-corrected chi connectivity index (χ3v) is 7.67. The minimum atomic E-state index is -1.09. The summed E-state index contributed by atoms with van der Waals surface area (Å²) in [5.74, 6) is -0.313. The van der Waals surface area contributed by atoms with E-state index in [0.29, 0.717) is 30.6 Å². The molecule has 2 aromatic rings. The van der Waals surface area contributed by atoms with Gasteiger partial charge in [0.1, 0.15) is 29.1 Å². The highest BCUT2D eigenvalue weighted by molar-refractivity contribution is 7.09. The zero-order valence-corrected chi connectivity index (χ0v) is 22.9. The van der Waals surface area contributed by atoms with Crippen LogP contribution in [0.5, 0.6) is 5.75 Å². The van der Waals surface area contributed by atoms with Gasteiger partial charge in [-0.1, -0.05) is 52.8 Å². The van der Waals surface area contributed by atoms with Crippen LogP contribution in [0.25, 0.3) is 0 Å².